The summed E-state index contributed by atoms with van der Waals surface area (Å²) in [5.41, 5.74) is 1.14. The molecule has 19 heavy (non-hydrogen) atoms. The Morgan fingerprint density at radius 3 is 2.79 bits per heavy atom. The van der Waals surface area contributed by atoms with Crippen molar-refractivity contribution in [1.82, 2.24) is 4.98 Å². The lowest BCUT2D eigenvalue weighted by molar-refractivity contribution is 0.0696. The van der Waals surface area contributed by atoms with Gasteiger partial charge < -0.3 is 9.84 Å². The molecule has 5 heteroatoms. The van der Waals surface area contributed by atoms with Crippen LogP contribution in [0.4, 0.5) is 4.39 Å². The molecular formula is C14H12FNO3. The van der Waals surface area contributed by atoms with Crippen molar-refractivity contribution in [2.45, 2.75) is 13.5 Å². The molecule has 0 bridgehead atoms. The van der Waals surface area contributed by atoms with Crippen molar-refractivity contribution in [3.05, 3.63) is 59.2 Å². The Labute approximate surface area is 109 Å². The van der Waals surface area contributed by atoms with Gasteiger partial charge in [0, 0.05) is 6.20 Å². The van der Waals surface area contributed by atoms with Crippen molar-refractivity contribution in [2.24, 2.45) is 0 Å². The van der Waals surface area contributed by atoms with Gasteiger partial charge in [-0.25, -0.2) is 9.18 Å². The molecule has 4 nitrogen and oxygen atoms in total. The number of aromatic nitrogens is 1. The van der Waals surface area contributed by atoms with E-state index in [2.05, 4.69) is 4.98 Å². The Kier molecular flexibility index (Phi) is 3.75. The summed E-state index contributed by atoms with van der Waals surface area (Å²) in [6.45, 7) is 1.74. The molecule has 0 fully saturated rings. The third-order valence-corrected chi connectivity index (χ3v) is 2.60. The molecule has 0 atom stereocenters. The van der Waals surface area contributed by atoms with E-state index in [9.17, 15) is 9.18 Å². The summed E-state index contributed by atoms with van der Waals surface area (Å²) < 4.78 is 19.0. The quantitative estimate of drug-likeness (QED) is 0.919. The number of halogens is 1. The van der Waals surface area contributed by atoms with Crippen molar-refractivity contribution in [3.8, 4) is 5.75 Å². The Morgan fingerprint density at radius 1 is 1.37 bits per heavy atom. The number of hydrogen-bond acceptors (Lipinski definition) is 3. The van der Waals surface area contributed by atoms with Gasteiger partial charge in [-0.15, -0.1) is 0 Å². The molecule has 0 aliphatic carbocycles. The van der Waals surface area contributed by atoms with E-state index in [1.807, 2.05) is 0 Å². The number of rotatable bonds is 4. The third-order valence-electron chi connectivity index (χ3n) is 2.60. The fourth-order valence-corrected chi connectivity index (χ4v) is 1.52. The number of carboxylic acids is 1. The maximum Gasteiger partial charge on any atom is 0.337 e. The van der Waals surface area contributed by atoms with E-state index in [1.54, 1.807) is 19.1 Å². The molecule has 1 aromatic carbocycles. The number of carboxylic acid groups (broad SMARTS) is 1. The van der Waals surface area contributed by atoms with Crippen LogP contribution in [0.3, 0.4) is 0 Å². The number of nitrogens with zero attached hydrogens (tertiary/aromatic N) is 1. The maximum atomic E-state index is 13.7. The van der Waals surface area contributed by atoms with Crippen LogP contribution in [0.2, 0.25) is 0 Å². The molecule has 0 saturated carbocycles. The Hall–Kier alpha value is -2.43. The van der Waals surface area contributed by atoms with E-state index in [-0.39, 0.29) is 17.9 Å². The molecule has 1 heterocycles. The summed E-state index contributed by atoms with van der Waals surface area (Å²) in [6.07, 6.45) is 1.24. The third kappa shape index (κ3) is 3.07. The minimum absolute atomic E-state index is 0.0836. The number of aromatic carboxylic acids is 1. The molecule has 2 rings (SSSR count). The highest BCUT2D eigenvalue weighted by molar-refractivity contribution is 5.87. The van der Waals surface area contributed by atoms with Crippen LogP contribution in [-0.4, -0.2) is 16.1 Å². The summed E-state index contributed by atoms with van der Waals surface area (Å²) in [6, 6.07) is 7.86. The predicted octanol–water partition coefficient (Wildman–Crippen LogP) is 2.81. The van der Waals surface area contributed by atoms with Gasteiger partial charge in [-0.3, -0.25) is 4.98 Å². The van der Waals surface area contributed by atoms with Gasteiger partial charge in [-0.1, -0.05) is 12.1 Å². The van der Waals surface area contributed by atoms with Crippen molar-refractivity contribution in [3.63, 3.8) is 0 Å². The van der Waals surface area contributed by atoms with Gasteiger partial charge in [0.1, 0.15) is 6.61 Å². The fourth-order valence-electron chi connectivity index (χ4n) is 1.52. The van der Waals surface area contributed by atoms with Gasteiger partial charge in [0.25, 0.3) is 0 Å². The monoisotopic (exact) mass is 261 g/mol. The molecular weight excluding hydrogens is 249 g/mol. The number of aryl methyl sites for hydroxylation is 1. The first kappa shape index (κ1) is 13.0. The number of ether oxygens (including phenoxy) is 1. The van der Waals surface area contributed by atoms with Crippen LogP contribution < -0.4 is 4.74 Å². The van der Waals surface area contributed by atoms with Gasteiger partial charge in [0.2, 0.25) is 0 Å². The first-order valence-electron chi connectivity index (χ1n) is 5.64. The van der Waals surface area contributed by atoms with E-state index in [1.165, 1.54) is 24.4 Å². The second-order valence-corrected chi connectivity index (χ2v) is 4.02. The maximum absolute atomic E-state index is 13.7. The van der Waals surface area contributed by atoms with Crippen molar-refractivity contribution in [2.75, 3.05) is 0 Å². The summed E-state index contributed by atoms with van der Waals surface area (Å²) in [4.78, 5) is 14.6. The normalized spacial score (nSPS) is 10.2. The average Bonchev–Trinajstić information content (AvgIpc) is 2.41. The molecule has 0 aliphatic rings. The second kappa shape index (κ2) is 5.48. The van der Waals surface area contributed by atoms with Gasteiger partial charge in [0.05, 0.1) is 11.3 Å². The van der Waals surface area contributed by atoms with Crippen molar-refractivity contribution in [1.29, 1.82) is 0 Å². The van der Waals surface area contributed by atoms with Crippen molar-refractivity contribution >= 4 is 5.97 Å². The molecule has 0 radical (unpaired) electrons. The predicted molar refractivity (Wildman–Crippen MR) is 66.7 cm³/mol. The summed E-state index contributed by atoms with van der Waals surface area (Å²) in [5, 5.41) is 8.73. The molecule has 0 unspecified atom stereocenters. The smallest absolute Gasteiger partial charge is 0.337 e. The SMILES string of the molecule is Cc1cccc(OCc2ccc(C(=O)O)cn2)c1F. The van der Waals surface area contributed by atoms with Crippen LogP contribution >= 0.6 is 0 Å². The zero-order chi connectivity index (χ0) is 13.8. The van der Waals surface area contributed by atoms with Gasteiger partial charge in [-0.2, -0.15) is 0 Å². The highest BCUT2D eigenvalue weighted by Gasteiger charge is 2.07. The number of benzene rings is 1. The summed E-state index contributed by atoms with van der Waals surface area (Å²) in [7, 11) is 0. The lowest BCUT2D eigenvalue weighted by Crippen LogP contribution is -2.03. The molecule has 0 amide bonds. The van der Waals surface area contributed by atoms with Gasteiger partial charge in [0.15, 0.2) is 11.6 Å². The molecule has 0 aliphatic heterocycles. The summed E-state index contributed by atoms with van der Waals surface area (Å²) >= 11 is 0. The van der Waals surface area contributed by atoms with E-state index >= 15 is 0 Å². The molecule has 0 spiro atoms. The van der Waals surface area contributed by atoms with Crippen LogP contribution in [0.1, 0.15) is 21.6 Å². The van der Waals surface area contributed by atoms with Gasteiger partial charge >= 0.3 is 5.97 Å². The van der Waals surface area contributed by atoms with Gasteiger partial charge in [-0.05, 0) is 30.7 Å². The van der Waals surface area contributed by atoms with Crippen LogP contribution in [0.15, 0.2) is 36.5 Å². The molecule has 1 aromatic heterocycles. The number of hydrogen-bond donors (Lipinski definition) is 1. The zero-order valence-electron chi connectivity index (χ0n) is 10.3. The highest BCUT2D eigenvalue weighted by atomic mass is 19.1. The van der Waals surface area contributed by atoms with E-state index in [0.29, 0.717) is 11.3 Å². The van der Waals surface area contributed by atoms with E-state index in [0.717, 1.165) is 0 Å². The highest BCUT2D eigenvalue weighted by Crippen LogP contribution is 2.20. The van der Waals surface area contributed by atoms with Crippen LogP contribution in [-0.2, 0) is 6.61 Å². The first-order valence-corrected chi connectivity index (χ1v) is 5.64. The zero-order valence-corrected chi connectivity index (χ0v) is 10.3. The number of pyridine rings is 1. The van der Waals surface area contributed by atoms with Crippen LogP contribution in [0.25, 0.3) is 0 Å². The standard InChI is InChI=1S/C14H12FNO3/c1-9-3-2-4-12(13(9)15)19-8-11-6-5-10(7-16-11)14(17)18/h2-7H,8H2,1H3,(H,17,18). The first-order chi connectivity index (χ1) is 9.08. The Balaban J connectivity index is 2.06. The lowest BCUT2D eigenvalue weighted by atomic mass is 10.2. The van der Waals surface area contributed by atoms with Crippen LogP contribution in [0, 0.1) is 12.7 Å². The van der Waals surface area contributed by atoms with E-state index < -0.39 is 11.8 Å². The Morgan fingerprint density at radius 2 is 2.16 bits per heavy atom. The van der Waals surface area contributed by atoms with Crippen molar-refractivity contribution < 1.29 is 19.0 Å². The topological polar surface area (TPSA) is 59.4 Å². The van der Waals surface area contributed by atoms with E-state index in [4.69, 9.17) is 9.84 Å². The fraction of sp³-hybridized carbons (Fsp3) is 0.143. The molecule has 0 saturated heterocycles. The summed E-state index contributed by atoms with van der Waals surface area (Å²) in [5.74, 6) is -1.28. The largest absolute Gasteiger partial charge is 0.484 e. The molecule has 1 N–H and O–H groups in total. The number of carbonyl (C=O) groups is 1. The lowest BCUT2D eigenvalue weighted by Gasteiger charge is -2.08. The Bertz CT molecular complexity index is 596. The average molecular weight is 261 g/mol. The molecule has 98 valence electrons. The van der Waals surface area contributed by atoms with Crippen LogP contribution in [0.5, 0.6) is 5.75 Å². The minimum atomic E-state index is -1.04. The minimum Gasteiger partial charge on any atom is -0.484 e. The molecule has 2 aromatic rings. The second-order valence-electron chi connectivity index (χ2n) is 4.02.